The third-order valence-corrected chi connectivity index (χ3v) is 4.37. The van der Waals surface area contributed by atoms with Gasteiger partial charge in [0, 0.05) is 17.0 Å². The molecule has 0 bridgehead atoms. The summed E-state index contributed by atoms with van der Waals surface area (Å²) in [7, 11) is 0. The zero-order valence-corrected chi connectivity index (χ0v) is 14.1. The molecule has 142 valence electrons. The van der Waals surface area contributed by atoms with Crippen molar-refractivity contribution in [1.82, 2.24) is 20.0 Å². The number of hydrogen-bond acceptors (Lipinski definition) is 5. The van der Waals surface area contributed by atoms with E-state index in [1.807, 2.05) is 0 Å². The van der Waals surface area contributed by atoms with E-state index in [1.165, 1.54) is 6.07 Å². The Morgan fingerprint density at radius 2 is 2.15 bits per heavy atom. The van der Waals surface area contributed by atoms with Crippen LogP contribution in [0.2, 0.25) is 0 Å². The highest BCUT2D eigenvalue weighted by molar-refractivity contribution is 5.94. The van der Waals surface area contributed by atoms with Crippen LogP contribution in [0.5, 0.6) is 0 Å². The molecule has 1 amide bonds. The fourth-order valence-corrected chi connectivity index (χ4v) is 2.92. The maximum atomic E-state index is 13.1. The van der Waals surface area contributed by atoms with Crippen LogP contribution in [0.1, 0.15) is 18.7 Å². The zero-order chi connectivity index (χ0) is 19.2. The number of halogens is 3. The lowest BCUT2D eigenvalue weighted by Gasteiger charge is -2.11. The van der Waals surface area contributed by atoms with E-state index in [1.54, 1.807) is 18.2 Å². The highest BCUT2D eigenvalue weighted by atomic mass is 19.4. The van der Waals surface area contributed by atoms with Crippen LogP contribution in [0.3, 0.4) is 0 Å². The molecule has 2 heterocycles. The first-order valence-corrected chi connectivity index (χ1v) is 8.37. The summed E-state index contributed by atoms with van der Waals surface area (Å²) in [6.07, 6.45) is -2.71. The molecule has 3 aromatic rings. The Bertz CT molecular complexity index is 1000. The predicted octanol–water partition coefficient (Wildman–Crippen LogP) is 2.86. The number of fused-ring (bicyclic) bond motifs is 1. The van der Waals surface area contributed by atoms with E-state index in [-0.39, 0.29) is 35.8 Å². The van der Waals surface area contributed by atoms with Crippen molar-refractivity contribution in [3.63, 3.8) is 0 Å². The summed E-state index contributed by atoms with van der Waals surface area (Å²) >= 11 is 0. The number of nitrogens with two attached hydrogens (primary N) is 1. The smallest absolute Gasteiger partial charge is 0.398 e. The van der Waals surface area contributed by atoms with E-state index in [9.17, 15) is 18.0 Å². The summed E-state index contributed by atoms with van der Waals surface area (Å²) in [5.74, 6) is 0.0790. The van der Waals surface area contributed by atoms with Crippen LogP contribution in [0.25, 0.3) is 22.5 Å². The van der Waals surface area contributed by atoms with Crippen molar-refractivity contribution in [2.45, 2.75) is 32.1 Å². The van der Waals surface area contributed by atoms with Gasteiger partial charge >= 0.3 is 6.18 Å². The summed E-state index contributed by atoms with van der Waals surface area (Å²) in [6.45, 7) is -1.16. The van der Waals surface area contributed by atoms with E-state index in [0.717, 1.165) is 17.4 Å². The molecule has 2 aromatic heterocycles. The number of alkyl halides is 3. The molecule has 0 unspecified atom stereocenters. The molecule has 7 nitrogen and oxygen atoms in total. The van der Waals surface area contributed by atoms with Gasteiger partial charge in [0.25, 0.3) is 5.89 Å². The number of nitrogens with one attached hydrogen (secondary N) is 1. The first-order chi connectivity index (χ1) is 12.8. The largest absolute Gasteiger partial charge is 0.406 e. The standard InChI is InChI=1S/C17H16F3N5O2/c18-17(19,20)8-25-12-3-1-2-11(21)10(12)6-13(25)16-23-14(24-27-16)7-22-15(26)9-4-5-9/h1-3,6,9H,4-5,7-8,21H2,(H,22,26). The molecule has 0 radical (unpaired) electrons. The Balaban J connectivity index is 1.67. The van der Waals surface area contributed by atoms with Crippen LogP contribution < -0.4 is 11.1 Å². The second-order valence-electron chi connectivity index (χ2n) is 6.52. The van der Waals surface area contributed by atoms with Gasteiger partial charge in [-0.1, -0.05) is 11.2 Å². The van der Waals surface area contributed by atoms with Crippen molar-refractivity contribution in [1.29, 1.82) is 0 Å². The summed E-state index contributed by atoms with van der Waals surface area (Å²) in [4.78, 5) is 15.8. The van der Waals surface area contributed by atoms with Gasteiger partial charge in [-0.25, -0.2) is 0 Å². The van der Waals surface area contributed by atoms with E-state index in [2.05, 4.69) is 15.5 Å². The molecule has 10 heteroatoms. The van der Waals surface area contributed by atoms with Gasteiger partial charge in [-0.15, -0.1) is 0 Å². The summed E-state index contributed by atoms with van der Waals surface area (Å²) in [6, 6.07) is 6.24. The topological polar surface area (TPSA) is 99.0 Å². The maximum absolute atomic E-state index is 13.1. The average molecular weight is 379 g/mol. The molecule has 3 N–H and O–H groups in total. The Kier molecular flexibility index (Phi) is 4.05. The molecule has 27 heavy (non-hydrogen) atoms. The normalized spacial score (nSPS) is 14.6. The number of rotatable bonds is 5. The van der Waals surface area contributed by atoms with Gasteiger partial charge in [-0.3, -0.25) is 4.79 Å². The Morgan fingerprint density at radius 1 is 1.37 bits per heavy atom. The van der Waals surface area contributed by atoms with Gasteiger partial charge in [-0.05, 0) is 31.0 Å². The molecule has 0 atom stereocenters. The van der Waals surface area contributed by atoms with E-state index >= 15 is 0 Å². The summed E-state index contributed by atoms with van der Waals surface area (Å²) in [5.41, 5.74) is 6.69. The number of benzene rings is 1. The summed E-state index contributed by atoms with van der Waals surface area (Å²) < 4.78 is 45.4. The molecule has 0 aliphatic heterocycles. The Morgan fingerprint density at radius 3 is 2.85 bits per heavy atom. The quantitative estimate of drug-likeness (QED) is 0.664. The lowest BCUT2D eigenvalue weighted by molar-refractivity contribution is -0.139. The van der Waals surface area contributed by atoms with Crippen molar-refractivity contribution in [3.8, 4) is 11.6 Å². The highest BCUT2D eigenvalue weighted by Crippen LogP contribution is 2.33. The molecular formula is C17H16F3N5O2. The molecule has 4 rings (SSSR count). The third kappa shape index (κ3) is 3.60. The molecule has 1 aromatic carbocycles. The second-order valence-corrected chi connectivity index (χ2v) is 6.52. The molecule has 1 aliphatic rings. The van der Waals surface area contributed by atoms with Crippen LogP contribution in [0.15, 0.2) is 28.8 Å². The number of nitrogen functional groups attached to an aromatic ring is 1. The van der Waals surface area contributed by atoms with Gasteiger partial charge < -0.3 is 20.1 Å². The highest BCUT2D eigenvalue weighted by Gasteiger charge is 2.32. The monoisotopic (exact) mass is 379 g/mol. The first kappa shape index (κ1) is 17.4. The zero-order valence-electron chi connectivity index (χ0n) is 14.1. The molecule has 1 aliphatic carbocycles. The lowest BCUT2D eigenvalue weighted by Crippen LogP contribution is -2.24. The minimum Gasteiger partial charge on any atom is -0.398 e. The minimum atomic E-state index is -4.44. The number of aromatic nitrogens is 3. The van der Waals surface area contributed by atoms with Crippen LogP contribution in [-0.2, 0) is 17.9 Å². The number of nitrogens with zero attached hydrogens (tertiary/aromatic N) is 3. The van der Waals surface area contributed by atoms with E-state index < -0.39 is 12.7 Å². The van der Waals surface area contributed by atoms with Gasteiger partial charge in [0.05, 0.1) is 12.1 Å². The molecule has 0 saturated heterocycles. The number of carbonyl (C=O) groups excluding carboxylic acids is 1. The van der Waals surface area contributed by atoms with Crippen LogP contribution in [0.4, 0.5) is 18.9 Å². The van der Waals surface area contributed by atoms with Gasteiger partial charge in [0.1, 0.15) is 12.2 Å². The van der Waals surface area contributed by atoms with Gasteiger partial charge in [0.15, 0.2) is 5.82 Å². The number of carbonyl (C=O) groups is 1. The predicted molar refractivity (Wildman–Crippen MR) is 90.3 cm³/mol. The van der Waals surface area contributed by atoms with Crippen LogP contribution in [-0.4, -0.2) is 26.8 Å². The van der Waals surface area contributed by atoms with Crippen LogP contribution in [0, 0.1) is 5.92 Å². The van der Waals surface area contributed by atoms with Gasteiger partial charge in [-0.2, -0.15) is 18.2 Å². The molecule has 1 fully saturated rings. The number of hydrogen-bond donors (Lipinski definition) is 2. The summed E-state index contributed by atoms with van der Waals surface area (Å²) in [5, 5.41) is 6.90. The van der Waals surface area contributed by atoms with E-state index in [0.29, 0.717) is 16.6 Å². The fraction of sp³-hybridized carbons (Fsp3) is 0.353. The minimum absolute atomic E-state index is 0.0358. The Hall–Kier alpha value is -3.04. The van der Waals surface area contributed by atoms with Crippen molar-refractivity contribution < 1.29 is 22.5 Å². The third-order valence-electron chi connectivity index (χ3n) is 4.37. The molecular weight excluding hydrogens is 363 g/mol. The number of anilines is 1. The van der Waals surface area contributed by atoms with Gasteiger partial charge in [0.2, 0.25) is 5.91 Å². The van der Waals surface area contributed by atoms with Crippen molar-refractivity contribution >= 4 is 22.5 Å². The van der Waals surface area contributed by atoms with Crippen molar-refractivity contribution in [3.05, 3.63) is 30.1 Å². The second kappa shape index (κ2) is 6.29. The first-order valence-electron chi connectivity index (χ1n) is 8.37. The van der Waals surface area contributed by atoms with E-state index in [4.69, 9.17) is 10.3 Å². The average Bonchev–Trinajstić information content (AvgIpc) is 3.25. The SMILES string of the molecule is Nc1cccc2c1cc(-c1nc(CNC(=O)C3CC3)no1)n2CC(F)(F)F. The number of amides is 1. The maximum Gasteiger partial charge on any atom is 0.406 e. The van der Waals surface area contributed by atoms with Crippen molar-refractivity contribution in [2.75, 3.05) is 5.73 Å². The lowest BCUT2D eigenvalue weighted by atomic mass is 10.2. The molecule has 0 spiro atoms. The molecule has 1 saturated carbocycles. The van der Waals surface area contributed by atoms with Crippen LogP contribution >= 0.6 is 0 Å². The fourth-order valence-electron chi connectivity index (χ4n) is 2.92. The Labute approximate surface area is 151 Å². The van der Waals surface area contributed by atoms with Crippen molar-refractivity contribution in [2.24, 2.45) is 5.92 Å².